The highest BCUT2D eigenvalue weighted by Crippen LogP contribution is 2.27. The maximum atomic E-state index is 13.7. The molecule has 3 aromatic carbocycles. The summed E-state index contributed by atoms with van der Waals surface area (Å²) in [5.41, 5.74) is 3.30. The third-order valence-electron chi connectivity index (χ3n) is 6.62. The van der Waals surface area contributed by atoms with E-state index in [0.29, 0.717) is 30.5 Å². The van der Waals surface area contributed by atoms with Gasteiger partial charge in [-0.25, -0.2) is 0 Å². The van der Waals surface area contributed by atoms with Gasteiger partial charge >= 0.3 is 0 Å². The SMILES string of the molecule is CN(CCCc1cc(-c2ccccc2)no1)C(=O)C(Cc1ccccc1)N1C(=O)c2ccccc2C1=O. The second kappa shape index (κ2) is 10.6. The van der Waals surface area contributed by atoms with Crippen molar-refractivity contribution < 1.29 is 18.9 Å². The number of benzene rings is 3. The molecule has 7 nitrogen and oxygen atoms in total. The van der Waals surface area contributed by atoms with Crippen LogP contribution in [0.2, 0.25) is 0 Å². The predicted octanol–water partition coefficient (Wildman–Crippen LogP) is 4.64. The van der Waals surface area contributed by atoms with Crippen molar-refractivity contribution in [2.75, 3.05) is 13.6 Å². The molecule has 0 radical (unpaired) electrons. The summed E-state index contributed by atoms with van der Waals surface area (Å²) in [5, 5.41) is 4.15. The molecule has 0 fully saturated rings. The van der Waals surface area contributed by atoms with Crippen molar-refractivity contribution in [1.82, 2.24) is 15.0 Å². The molecule has 0 N–H and O–H groups in total. The zero-order valence-electron chi connectivity index (χ0n) is 20.5. The maximum Gasteiger partial charge on any atom is 0.262 e. The molecule has 0 aliphatic carbocycles. The number of amides is 3. The minimum absolute atomic E-state index is 0.248. The number of nitrogens with zero attached hydrogens (tertiary/aromatic N) is 3. The Bertz CT molecular complexity index is 1380. The smallest absolute Gasteiger partial charge is 0.262 e. The normalized spacial score (nSPS) is 13.5. The number of imide groups is 1. The van der Waals surface area contributed by atoms with Crippen molar-refractivity contribution >= 4 is 17.7 Å². The van der Waals surface area contributed by atoms with Gasteiger partial charge in [0.15, 0.2) is 0 Å². The molecule has 186 valence electrons. The van der Waals surface area contributed by atoms with Crippen molar-refractivity contribution in [2.45, 2.75) is 25.3 Å². The first-order valence-corrected chi connectivity index (χ1v) is 12.3. The van der Waals surface area contributed by atoms with Gasteiger partial charge in [0, 0.05) is 38.1 Å². The second-order valence-corrected chi connectivity index (χ2v) is 9.14. The van der Waals surface area contributed by atoms with Crippen molar-refractivity contribution in [3.63, 3.8) is 0 Å². The lowest BCUT2D eigenvalue weighted by Crippen LogP contribution is -2.51. The summed E-state index contributed by atoms with van der Waals surface area (Å²) < 4.78 is 5.48. The first kappa shape index (κ1) is 24.2. The van der Waals surface area contributed by atoms with E-state index in [1.165, 1.54) is 0 Å². The van der Waals surface area contributed by atoms with E-state index in [9.17, 15) is 14.4 Å². The van der Waals surface area contributed by atoms with Crippen molar-refractivity contribution in [2.24, 2.45) is 0 Å². The van der Waals surface area contributed by atoms with Crippen molar-refractivity contribution in [1.29, 1.82) is 0 Å². The first-order valence-electron chi connectivity index (χ1n) is 12.3. The largest absolute Gasteiger partial charge is 0.361 e. The van der Waals surface area contributed by atoms with Crippen LogP contribution in [-0.4, -0.2) is 52.3 Å². The lowest BCUT2D eigenvalue weighted by atomic mass is 10.0. The molecular formula is C30H27N3O4. The number of hydrogen-bond donors (Lipinski definition) is 0. The lowest BCUT2D eigenvalue weighted by molar-refractivity contribution is -0.134. The van der Waals surface area contributed by atoms with Gasteiger partial charge in [-0.15, -0.1) is 0 Å². The molecule has 0 saturated heterocycles. The second-order valence-electron chi connectivity index (χ2n) is 9.14. The minimum atomic E-state index is -0.935. The van der Waals surface area contributed by atoms with Crippen LogP contribution in [0.1, 0.15) is 38.5 Å². The highest BCUT2D eigenvalue weighted by Gasteiger charge is 2.43. The number of likely N-dealkylation sites (N-methyl/N-ethyl adjacent to an activating group) is 1. The Morgan fingerprint density at radius 3 is 2.14 bits per heavy atom. The van der Waals surface area contributed by atoms with Gasteiger partial charge in [-0.2, -0.15) is 0 Å². The van der Waals surface area contributed by atoms with E-state index in [1.54, 1.807) is 36.2 Å². The number of fused-ring (bicyclic) bond motifs is 1. The van der Waals surface area contributed by atoms with Crippen LogP contribution < -0.4 is 0 Å². The van der Waals surface area contributed by atoms with Crippen LogP contribution in [0.4, 0.5) is 0 Å². The minimum Gasteiger partial charge on any atom is -0.361 e. The molecule has 0 bridgehead atoms. The summed E-state index contributed by atoms with van der Waals surface area (Å²) >= 11 is 0. The monoisotopic (exact) mass is 493 g/mol. The van der Waals surface area contributed by atoms with Crippen LogP contribution in [0.3, 0.4) is 0 Å². The van der Waals surface area contributed by atoms with Crippen molar-refractivity contribution in [3.8, 4) is 11.3 Å². The number of carbonyl (C=O) groups excluding carboxylic acids is 3. The van der Waals surface area contributed by atoms with Crippen LogP contribution in [-0.2, 0) is 17.6 Å². The zero-order chi connectivity index (χ0) is 25.8. The average Bonchev–Trinajstić information content (AvgIpc) is 3.51. The molecule has 37 heavy (non-hydrogen) atoms. The summed E-state index contributed by atoms with van der Waals surface area (Å²) in [6.07, 6.45) is 1.50. The van der Waals surface area contributed by atoms with Gasteiger partial charge in [-0.1, -0.05) is 78.0 Å². The van der Waals surface area contributed by atoms with Gasteiger partial charge in [0.25, 0.3) is 11.8 Å². The van der Waals surface area contributed by atoms with Crippen LogP contribution >= 0.6 is 0 Å². The van der Waals surface area contributed by atoms with E-state index in [4.69, 9.17) is 4.52 Å². The van der Waals surface area contributed by atoms with E-state index in [1.807, 2.05) is 66.7 Å². The standard InChI is InChI=1S/C30H27N3O4/c1-32(18-10-15-23-20-26(31-37-23)22-13-6-3-7-14-22)30(36)27(19-21-11-4-2-5-12-21)33-28(34)24-16-8-9-17-25(24)29(33)35/h2-9,11-14,16-17,20,27H,10,15,18-19H2,1H3. The van der Waals surface area contributed by atoms with E-state index >= 15 is 0 Å². The molecule has 5 rings (SSSR count). The molecule has 3 amide bonds. The molecule has 1 aliphatic rings. The Morgan fingerprint density at radius 2 is 1.49 bits per heavy atom. The maximum absolute atomic E-state index is 13.7. The Labute approximate surface area is 215 Å². The Morgan fingerprint density at radius 1 is 0.892 bits per heavy atom. The molecule has 1 atom stereocenters. The Hall–Kier alpha value is -4.52. The quantitative estimate of drug-likeness (QED) is 0.317. The summed E-state index contributed by atoms with van der Waals surface area (Å²) in [6, 6.07) is 26.9. The average molecular weight is 494 g/mol. The lowest BCUT2D eigenvalue weighted by Gasteiger charge is -2.29. The third-order valence-corrected chi connectivity index (χ3v) is 6.62. The molecule has 2 heterocycles. The molecular weight excluding hydrogens is 466 g/mol. The topological polar surface area (TPSA) is 83.7 Å². The van der Waals surface area contributed by atoms with Gasteiger partial charge in [0.1, 0.15) is 17.5 Å². The molecule has 0 saturated carbocycles. The van der Waals surface area contributed by atoms with Gasteiger partial charge in [0.2, 0.25) is 5.91 Å². The van der Waals surface area contributed by atoms with Crippen LogP contribution in [0.25, 0.3) is 11.3 Å². The predicted molar refractivity (Wildman–Crippen MR) is 139 cm³/mol. The van der Waals surface area contributed by atoms with Crippen LogP contribution in [0.5, 0.6) is 0 Å². The highest BCUT2D eigenvalue weighted by molar-refractivity contribution is 6.22. The van der Waals surface area contributed by atoms with Crippen LogP contribution in [0.15, 0.2) is 95.5 Å². The number of hydrogen-bond acceptors (Lipinski definition) is 5. The number of rotatable bonds is 9. The van der Waals surface area contributed by atoms with Gasteiger partial charge in [0.05, 0.1) is 11.1 Å². The van der Waals surface area contributed by atoms with E-state index < -0.39 is 17.9 Å². The zero-order valence-corrected chi connectivity index (χ0v) is 20.5. The number of aromatic nitrogens is 1. The third kappa shape index (κ3) is 5.07. The van der Waals surface area contributed by atoms with Gasteiger partial charge in [-0.05, 0) is 24.1 Å². The van der Waals surface area contributed by atoms with Gasteiger partial charge < -0.3 is 9.42 Å². The summed E-state index contributed by atoms with van der Waals surface area (Å²) in [5.74, 6) is -0.404. The number of carbonyl (C=O) groups is 3. The van der Waals surface area contributed by atoms with E-state index in [-0.39, 0.29) is 12.3 Å². The molecule has 1 unspecified atom stereocenters. The molecule has 4 aromatic rings. The van der Waals surface area contributed by atoms with Crippen molar-refractivity contribution in [3.05, 3.63) is 113 Å². The van der Waals surface area contributed by atoms with Crippen LogP contribution in [0, 0.1) is 0 Å². The molecule has 1 aliphatic heterocycles. The summed E-state index contributed by atoms with van der Waals surface area (Å²) in [7, 11) is 1.70. The fraction of sp³-hybridized carbons (Fsp3) is 0.200. The fourth-order valence-corrected chi connectivity index (χ4v) is 4.65. The first-order chi connectivity index (χ1) is 18.0. The summed E-state index contributed by atoms with van der Waals surface area (Å²) in [4.78, 5) is 42.8. The highest BCUT2D eigenvalue weighted by atomic mass is 16.5. The Kier molecular flexibility index (Phi) is 6.94. The number of aryl methyl sites for hydroxylation is 1. The molecule has 0 spiro atoms. The summed E-state index contributed by atoms with van der Waals surface area (Å²) in [6.45, 7) is 0.439. The fourth-order valence-electron chi connectivity index (χ4n) is 4.65. The Balaban J connectivity index is 1.28. The van der Waals surface area contributed by atoms with E-state index in [0.717, 1.165) is 27.5 Å². The molecule has 1 aromatic heterocycles. The van der Waals surface area contributed by atoms with Gasteiger partial charge in [-0.3, -0.25) is 19.3 Å². The molecule has 7 heteroatoms. The van der Waals surface area contributed by atoms with E-state index in [2.05, 4.69) is 5.16 Å².